The normalized spacial score (nSPS) is 17.4. The lowest BCUT2D eigenvalue weighted by Gasteiger charge is -2.36. The SMILES string of the molecule is O=C(NCCCN1CCN(c2ccccc2F)CC1)c1csc2c1CCCC2. The molecule has 150 valence electrons. The molecular weight excluding hydrogens is 373 g/mol. The minimum absolute atomic E-state index is 0.0868. The van der Waals surface area contributed by atoms with E-state index in [4.69, 9.17) is 0 Å². The van der Waals surface area contributed by atoms with E-state index in [0.717, 1.165) is 57.5 Å². The molecule has 0 unspecified atom stereocenters. The molecular formula is C22H28FN3OS. The fraction of sp³-hybridized carbons (Fsp3) is 0.500. The van der Waals surface area contributed by atoms with Crippen LogP contribution in [0.4, 0.5) is 10.1 Å². The van der Waals surface area contributed by atoms with E-state index in [9.17, 15) is 9.18 Å². The molecule has 1 amide bonds. The number of hydrogen-bond acceptors (Lipinski definition) is 4. The first kappa shape index (κ1) is 19.4. The summed E-state index contributed by atoms with van der Waals surface area (Å²) in [6.07, 6.45) is 5.57. The summed E-state index contributed by atoms with van der Waals surface area (Å²) in [5, 5.41) is 5.13. The maximum Gasteiger partial charge on any atom is 0.252 e. The van der Waals surface area contributed by atoms with E-state index in [2.05, 4.69) is 15.1 Å². The molecule has 1 N–H and O–H groups in total. The van der Waals surface area contributed by atoms with Gasteiger partial charge in [-0.3, -0.25) is 9.69 Å². The average Bonchev–Trinajstić information content (AvgIpc) is 3.16. The van der Waals surface area contributed by atoms with Crippen LogP contribution in [-0.2, 0) is 12.8 Å². The van der Waals surface area contributed by atoms with Crippen LogP contribution in [0.3, 0.4) is 0 Å². The summed E-state index contributed by atoms with van der Waals surface area (Å²) in [4.78, 5) is 18.4. The number of nitrogens with zero attached hydrogens (tertiary/aromatic N) is 2. The molecule has 1 aromatic carbocycles. The van der Waals surface area contributed by atoms with E-state index in [-0.39, 0.29) is 11.7 Å². The number of rotatable bonds is 6. The summed E-state index contributed by atoms with van der Waals surface area (Å²) in [7, 11) is 0. The van der Waals surface area contributed by atoms with Gasteiger partial charge in [-0.25, -0.2) is 4.39 Å². The Morgan fingerprint density at radius 2 is 1.89 bits per heavy atom. The Morgan fingerprint density at radius 1 is 1.11 bits per heavy atom. The van der Waals surface area contributed by atoms with Crippen molar-refractivity contribution in [1.29, 1.82) is 0 Å². The second-order valence-electron chi connectivity index (χ2n) is 7.65. The Hall–Kier alpha value is -1.92. The molecule has 0 saturated carbocycles. The van der Waals surface area contributed by atoms with E-state index >= 15 is 0 Å². The molecule has 2 aliphatic rings. The highest BCUT2D eigenvalue weighted by Crippen LogP contribution is 2.30. The molecule has 6 heteroatoms. The Morgan fingerprint density at radius 3 is 2.71 bits per heavy atom. The summed E-state index contributed by atoms with van der Waals surface area (Å²) in [5.41, 5.74) is 2.89. The number of anilines is 1. The summed E-state index contributed by atoms with van der Waals surface area (Å²) < 4.78 is 13.9. The first-order chi connectivity index (χ1) is 13.7. The van der Waals surface area contributed by atoms with Gasteiger partial charge >= 0.3 is 0 Å². The predicted molar refractivity (Wildman–Crippen MR) is 113 cm³/mol. The number of piperazine rings is 1. The van der Waals surface area contributed by atoms with Gasteiger partial charge in [0, 0.05) is 43.0 Å². The topological polar surface area (TPSA) is 35.6 Å². The molecule has 4 rings (SSSR count). The van der Waals surface area contributed by atoms with E-state index in [1.807, 2.05) is 17.5 Å². The van der Waals surface area contributed by atoms with Crippen LogP contribution in [0.1, 0.15) is 40.1 Å². The molecule has 0 atom stereocenters. The monoisotopic (exact) mass is 401 g/mol. The summed E-state index contributed by atoms with van der Waals surface area (Å²) in [6.45, 7) is 5.22. The maximum absolute atomic E-state index is 13.9. The van der Waals surface area contributed by atoms with Crippen LogP contribution in [0, 0.1) is 5.82 Å². The van der Waals surface area contributed by atoms with Gasteiger partial charge in [0.2, 0.25) is 0 Å². The third kappa shape index (κ3) is 4.39. The number of amides is 1. The highest BCUT2D eigenvalue weighted by atomic mass is 32.1. The van der Waals surface area contributed by atoms with Crippen molar-refractivity contribution in [3.8, 4) is 0 Å². The average molecular weight is 402 g/mol. The molecule has 2 aromatic rings. The molecule has 1 saturated heterocycles. The predicted octanol–water partition coefficient (Wildman–Crippen LogP) is 3.71. The Kier molecular flexibility index (Phi) is 6.27. The lowest BCUT2D eigenvalue weighted by molar-refractivity contribution is 0.0951. The van der Waals surface area contributed by atoms with Crippen molar-refractivity contribution >= 4 is 22.9 Å². The Bertz CT molecular complexity index is 814. The van der Waals surface area contributed by atoms with Crippen LogP contribution >= 0.6 is 11.3 Å². The largest absolute Gasteiger partial charge is 0.367 e. The van der Waals surface area contributed by atoms with Crippen molar-refractivity contribution in [2.75, 3.05) is 44.2 Å². The van der Waals surface area contributed by atoms with Crippen LogP contribution in [0.15, 0.2) is 29.6 Å². The van der Waals surface area contributed by atoms with Crippen molar-refractivity contribution in [2.24, 2.45) is 0 Å². The second kappa shape index (κ2) is 9.05. The lowest BCUT2D eigenvalue weighted by atomic mass is 9.96. The van der Waals surface area contributed by atoms with Crippen molar-refractivity contribution in [3.63, 3.8) is 0 Å². The van der Waals surface area contributed by atoms with Gasteiger partial charge in [-0.15, -0.1) is 11.3 Å². The molecule has 4 nitrogen and oxygen atoms in total. The third-order valence-electron chi connectivity index (χ3n) is 5.81. The van der Waals surface area contributed by atoms with E-state index < -0.39 is 0 Å². The second-order valence-corrected chi connectivity index (χ2v) is 8.61. The zero-order chi connectivity index (χ0) is 19.3. The smallest absolute Gasteiger partial charge is 0.252 e. The van der Waals surface area contributed by atoms with Crippen LogP contribution in [-0.4, -0.2) is 50.1 Å². The third-order valence-corrected chi connectivity index (χ3v) is 6.90. The van der Waals surface area contributed by atoms with E-state index in [1.165, 1.54) is 29.3 Å². The van der Waals surface area contributed by atoms with Crippen LogP contribution in [0.5, 0.6) is 0 Å². The molecule has 1 aliphatic carbocycles. The maximum atomic E-state index is 13.9. The van der Waals surface area contributed by atoms with Crippen molar-refractivity contribution in [2.45, 2.75) is 32.1 Å². The summed E-state index contributed by atoms with van der Waals surface area (Å²) >= 11 is 1.74. The highest BCUT2D eigenvalue weighted by molar-refractivity contribution is 7.10. The molecule has 2 heterocycles. The van der Waals surface area contributed by atoms with Gasteiger partial charge in [-0.1, -0.05) is 12.1 Å². The lowest BCUT2D eigenvalue weighted by Crippen LogP contribution is -2.47. The van der Waals surface area contributed by atoms with Crippen LogP contribution < -0.4 is 10.2 Å². The molecule has 0 radical (unpaired) electrons. The van der Waals surface area contributed by atoms with Gasteiger partial charge in [-0.2, -0.15) is 0 Å². The fourth-order valence-electron chi connectivity index (χ4n) is 4.20. The summed E-state index contributed by atoms with van der Waals surface area (Å²) in [5.74, 6) is -0.0574. The van der Waals surface area contributed by atoms with Crippen LogP contribution in [0.25, 0.3) is 0 Å². The van der Waals surface area contributed by atoms with Crippen molar-refractivity contribution < 1.29 is 9.18 Å². The van der Waals surface area contributed by atoms with Gasteiger partial charge in [0.15, 0.2) is 0 Å². The number of benzene rings is 1. The quantitative estimate of drug-likeness (QED) is 0.750. The zero-order valence-electron chi connectivity index (χ0n) is 16.3. The Balaban J connectivity index is 1.18. The number of thiophene rings is 1. The molecule has 1 aromatic heterocycles. The number of nitrogens with one attached hydrogen (secondary N) is 1. The van der Waals surface area contributed by atoms with Crippen molar-refractivity contribution in [1.82, 2.24) is 10.2 Å². The van der Waals surface area contributed by atoms with Crippen molar-refractivity contribution in [3.05, 3.63) is 51.5 Å². The van der Waals surface area contributed by atoms with Gasteiger partial charge in [0.1, 0.15) is 5.82 Å². The van der Waals surface area contributed by atoms with Gasteiger partial charge in [-0.05, 0) is 56.3 Å². The molecule has 0 spiro atoms. The van der Waals surface area contributed by atoms with Gasteiger partial charge in [0.05, 0.1) is 11.3 Å². The van der Waals surface area contributed by atoms with E-state index in [0.29, 0.717) is 12.2 Å². The number of fused-ring (bicyclic) bond motifs is 1. The number of halogens is 1. The Labute approximate surface area is 170 Å². The zero-order valence-corrected chi connectivity index (χ0v) is 17.1. The standard InChI is InChI=1S/C22H28FN3OS/c23-19-7-2-3-8-20(19)26-14-12-25(13-15-26)11-5-10-24-22(27)18-16-28-21-9-4-1-6-17(18)21/h2-3,7-8,16H,1,4-6,9-15H2,(H,24,27). The summed E-state index contributed by atoms with van der Waals surface area (Å²) in [6, 6.07) is 6.99. The number of para-hydroxylation sites is 1. The van der Waals surface area contributed by atoms with Crippen LogP contribution in [0.2, 0.25) is 0 Å². The van der Waals surface area contributed by atoms with E-state index in [1.54, 1.807) is 17.4 Å². The fourth-order valence-corrected chi connectivity index (χ4v) is 5.33. The number of carbonyl (C=O) groups excluding carboxylic acids is 1. The van der Waals surface area contributed by atoms with Gasteiger partial charge in [0.25, 0.3) is 5.91 Å². The number of hydrogen-bond donors (Lipinski definition) is 1. The number of aryl methyl sites for hydroxylation is 1. The molecule has 0 bridgehead atoms. The number of carbonyl (C=O) groups is 1. The first-order valence-electron chi connectivity index (χ1n) is 10.3. The van der Waals surface area contributed by atoms with Gasteiger partial charge < -0.3 is 10.2 Å². The minimum atomic E-state index is -0.144. The first-order valence-corrected chi connectivity index (χ1v) is 11.2. The molecule has 1 aliphatic heterocycles. The molecule has 28 heavy (non-hydrogen) atoms. The molecule has 1 fully saturated rings. The highest BCUT2D eigenvalue weighted by Gasteiger charge is 2.21. The minimum Gasteiger partial charge on any atom is -0.367 e.